The number of methoxy groups -OCH3 is 1. The van der Waals surface area contributed by atoms with Crippen LogP contribution in [0.15, 0.2) is 70.7 Å². The van der Waals surface area contributed by atoms with Crippen molar-refractivity contribution in [3.63, 3.8) is 0 Å². The number of hydrogen-bond acceptors (Lipinski definition) is 7. The quantitative estimate of drug-likeness (QED) is 0.357. The smallest absolute Gasteiger partial charge is 0.335 e. The molecule has 0 aromatic heterocycles. The molecule has 10 heteroatoms. The summed E-state index contributed by atoms with van der Waals surface area (Å²) in [6.07, 6.45) is 1.39. The first-order chi connectivity index (χ1) is 17.4. The van der Waals surface area contributed by atoms with Gasteiger partial charge in [0.2, 0.25) is 6.79 Å². The van der Waals surface area contributed by atoms with Crippen molar-refractivity contribution < 1.29 is 33.3 Å². The number of barbiturate groups is 1. The third-order valence-corrected chi connectivity index (χ3v) is 6.05. The van der Waals surface area contributed by atoms with Crippen LogP contribution in [0.25, 0.3) is 6.08 Å². The molecule has 0 saturated carbocycles. The van der Waals surface area contributed by atoms with Crippen LogP contribution < -0.4 is 29.2 Å². The van der Waals surface area contributed by atoms with Gasteiger partial charge in [-0.05, 0) is 53.6 Å². The SMILES string of the molecule is COc1cc(/C=C2\C(=O)NC(=O)N(c3ccc4c(c3)OCO4)C2=O)ccc1OCc1ccc(Br)cc1. The predicted octanol–water partition coefficient (Wildman–Crippen LogP) is 4.43. The number of urea groups is 1. The maximum absolute atomic E-state index is 13.2. The molecular formula is C26H19BrN2O7. The van der Waals surface area contributed by atoms with Crippen LogP contribution in [0, 0.1) is 0 Å². The van der Waals surface area contributed by atoms with E-state index in [1.807, 2.05) is 24.3 Å². The van der Waals surface area contributed by atoms with E-state index in [0.29, 0.717) is 35.2 Å². The first-order valence-electron chi connectivity index (χ1n) is 10.8. The number of rotatable bonds is 6. The third kappa shape index (κ3) is 4.63. The predicted molar refractivity (Wildman–Crippen MR) is 133 cm³/mol. The van der Waals surface area contributed by atoms with Crippen LogP contribution in [0.2, 0.25) is 0 Å². The molecule has 2 aliphatic heterocycles. The molecule has 2 aliphatic rings. The zero-order valence-electron chi connectivity index (χ0n) is 18.9. The summed E-state index contributed by atoms with van der Waals surface area (Å²) in [5, 5.41) is 2.21. The Morgan fingerprint density at radius 1 is 0.972 bits per heavy atom. The van der Waals surface area contributed by atoms with Gasteiger partial charge in [-0.2, -0.15) is 0 Å². The molecule has 0 spiro atoms. The Hall–Kier alpha value is -4.31. The van der Waals surface area contributed by atoms with Crippen molar-refractivity contribution in [3.8, 4) is 23.0 Å². The lowest BCUT2D eigenvalue weighted by atomic mass is 10.1. The zero-order chi connectivity index (χ0) is 25.2. The third-order valence-electron chi connectivity index (χ3n) is 5.52. The highest BCUT2D eigenvalue weighted by Crippen LogP contribution is 2.36. The fourth-order valence-electron chi connectivity index (χ4n) is 3.72. The summed E-state index contributed by atoms with van der Waals surface area (Å²) < 4.78 is 22.9. The number of carbonyl (C=O) groups is 3. The average molecular weight is 551 g/mol. The molecule has 0 bridgehead atoms. The molecule has 182 valence electrons. The summed E-state index contributed by atoms with van der Waals surface area (Å²) in [6.45, 7) is 0.380. The Bertz CT molecular complexity index is 1400. The van der Waals surface area contributed by atoms with Crippen molar-refractivity contribution in [2.24, 2.45) is 0 Å². The molecule has 3 aromatic rings. The number of fused-ring (bicyclic) bond motifs is 1. The average Bonchev–Trinajstić information content (AvgIpc) is 3.34. The minimum absolute atomic E-state index is 0.0488. The molecule has 5 rings (SSSR count). The Labute approximate surface area is 214 Å². The molecule has 4 amide bonds. The molecule has 36 heavy (non-hydrogen) atoms. The summed E-state index contributed by atoms with van der Waals surface area (Å²) >= 11 is 3.40. The molecule has 2 heterocycles. The second-order valence-corrected chi connectivity index (χ2v) is 8.74. The molecule has 0 unspecified atom stereocenters. The highest BCUT2D eigenvalue weighted by molar-refractivity contribution is 9.10. The standard InChI is InChI=1S/C26H19BrN2O7/c1-33-22-11-16(4-8-20(22)34-13-15-2-5-17(27)6-3-15)10-19-24(30)28-26(32)29(25(19)31)18-7-9-21-23(12-18)36-14-35-21/h2-12H,13-14H2,1H3,(H,28,30,32)/b19-10+. The maximum Gasteiger partial charge on any atom is 0.335 e. The van der Waals surface area contributed by atoms with Gasteiger partial charge in [-0.1, -0.05) is 34.1 Å². The largest absolute Gasteiger partial charge is 0.493 e. The van der Waals surface area contributed by atoms with Gasteiger partial charge in [0.05, 0.1) is 12.8 Å². The monoisotopic (exact) mass is 550 g/mol. The Balaban J connectivity index is 1.39. The molecule has 9 nitrogen and oxygen atoms in total. The number of nitrogens with zero attached hydrogens (tertiary/aromatic N) is 1. The van der Waals surface area contributed by atoms with E-state index >= 15 is 0 Å². The van der Waals surface area contributed by atoms with Crippen molar-refractivity contribution in [1.29, 1.82) is 0 Å². The van der Waals surface area contributed by atoms with Gasteiger partial charge in [0.15, 0.2) is 23.0 Å². The summed E-state index contributed by atoms with van der Waals surface area (Å²) in [6, 6.07) is 16.5. The minimum Gasteiger partial charge on any atom is -0.493 e. The Kier molecular flexibility index (Phi) is 6.34. The molecule has 1 N–H and O–H groups in total. The first kappa shape index (κ1) is 23.4. The van der Waals surface area contributed by atoms with Gasteiger partial charge in [0, 0.05) is 10.5 Å². The van der Waals surface area contributed by atoms with E-state index in [9.17, 15) is 14.4 Å². The first-order valence-corrected chi connectivity index (χ1v) is 11.6. The van der Waals surface area contributed by atoms with E-state index in [1.54, 1.807) is 30.3 Å². The normalized spacial score (nSPS) is 15.8. The molecule has 0 atom stereocenters. The van der Waals surface area contributed by atoms with E-state index in [-0.39, 0.29) is 18.1 Å². The van der Waals surface area contributed by atoms with Gasteiger partial charge < -0.3 is 18.9 Å². The van der Waals surface area contributed by atoms with Crippen molar-refractivity contribution in [3.05, 3.63) is 81.8 Å². The van der Waals surface area contributed by atoms with Crippen LogP contribution in [-0.2, 0) is 16.2 Å². The van der Waals surface area contributed by atoms with Gasteiger partial charge in [0.25, 0.3) is 11.8 Å². The molecule has 0 radical (unpaired) electrons. The number of benzene rings is 3. The van der Waals surface area contributed by atoms with Crippen molar-refractivity contribution in [1.82, 2.24) is 5.32 Å². The summed E-state index contributed by atoms with van der Waals surface area (Å²) in [5.41, 5.74) is 1.53. The fraction of sp³-hybridized carbons (Fsp3) is 0.115. The van der Waals surface area contributed by atoms with Crippen molar-refractivity contribution in [2.45, 2.75) is 6.61 Å². The summed E-state index contributed by atoms with van der Waals surface area (Å²) in [7, 11) is 1.50. The number of halogens is 1. The van der Waals surface area contributed by atoms with E-state index in [4.69, 9.17) is 18.9 Å². The lowest BCUT2D eigenvalue weighted by Gasteiger charge is -2.26. The van der Waals surface area contributed by atoms with E-state index in [2.05, 4.69) is 21.2 Å². The minimum atomic E-state index is -0.852. The highest BCUT2D eigenvalue weighted by Gasteiger charge is 2.37. The number of ether oxygens (including phenoxy) is 4. The molecule has 3 aromatic carbocycles. The van der Waals surface area contributed by atoms with E-state index in [1.165, 1.54) is 19.3 Å². The number of anilines is 1. The van der Waals surface area contributed by atoms with Crippen LogP contribution in [0.4, 0.5) is 10.5 Å². The molecule has 1 saturated heterocycles. The molecule has 0 aliphatic carbocycles. The van der Waals surface area contributed by atoms with Gasteiger partial charge in [-0.25, -0.2) is 9.69 Å². The molecular weight excluding hydrogens is 532 g/mol. The van der Waals surface area contributed by atoms with Crippen molar-refractivity contribution >= 4 is 45.5 Å². The van der Waals surface area contributed by atoms with Crippen LogP contribution in [0.1, 0.15) is 11.1 Å². The number of hydrogen-bond donors (Lipinski definition) is 1. The van der Waals surface area contributed by atoms with Gasteiger partial charge in [-0.15, -0.1) is 0 Å². The number of nitrogens with one attached hydrogen (secondary N) is 1. The van der Waals surface area contributed by atoms with Crippen LogP contribution in [0.3, 0.4) is 0 Å². The number of imide groups is 2. The lowest BCUT2D eigenvalue weighted by Crippen LogP contribution is -2.54. The highest BCUT2D eigenvalue weighted by atomic mass is 79.9. The van der Waals surface area contributed by atoms with Gasteiger partial charge >= 0.3 is 6.03 Å². The lowest BCUT2D eigenvalue weighted by molar-refractivity contribution is -0.122. The summed E-state index contributed by atoms with van der Waals surface area (Å²) in [5.74, 6) is 0.269. The second-order valence-electron chi connectivity index (χ2n) is 7.82. The van der Waals surface area contributed by atoms with Crippen LogP contribution in [0.5, 0.6) is 23.0 Å². The van der Waals surface area contributed by atoms with Crippen molar-refractivity contribution in [2.75, 3.05) is 18.8 Å². The topological polar surface area (TPSA) is 103 Å². The zero-order valence-corrected chi connectivity index (χ0v) is 20.5. The molecule has 1 fully saturated rings. The second kappa shape index (κ2) is 9.74. The van der Waals surface area contributed by atoms with Gasteiger partial charge in [0.1, 0.15) is 12.2 Å². The summed E-state index contributed by atoms with van der Waals surface area (Å²) in [4.78, 5) is 39.1. The fourth-order valence-corrected chi connectivity index (χ4v) is 3.98. The van der Waals surface area contributed by atoms with E-state index in [0.717, 1.165) is 14.9 Å². The maximum atomic E-state index is 13.2. The Morgan fingerprint density at radius 3 is 2.53 bits per heavy atom. The van der Waals surface area contributed by atoms with Crippen LogP contribution in [-0.4, -0.2) is 31.7 Å². The number of amides is 4. The number of carbonyl (C=O) groups excluding carboxylic acids is 3. The Morgan fingerprint density at radius 2 is 1.75 bits per heavy atom. The van der Waals surface area contributed by atoms with Gasteiger partial charge in [-0.3, -0.25) is 14.9 Å². The van der Waals surface area contributed by atoms with E-state index < -0.39 is 17.8 Å². The van der Waals surface area contributed by atoms with Crippen LogP contribution >= 0.6 is 15.9 Å².